The number of aromatic nitrogens is 3. The molecule has 0 aliphatic carbocycles. The Labute approximate surface area is 48.3 Å². The summed E-state index contributed by atoms with van der Waals surface area (Å²) in [4.78, 5) is 0. The third kappa shape index (κ3) is 0.857. The molecule has 0 aliphatic rings. The SMILES string of the molecule is CCc1cn(C)nn1. The summed E-state index contributed by atoms with van der Waals surface area (Å²) in [5.74, 6) is 0. The molecule has 0 fully saturated rings. The van der Waals surface area contributed by atoms with E-state index in [0.29, 0.717) is 0 Å². The predicted octanol–water partition coefficient (Wildman–Crippen LogP) is 0.377. The molecule has 0 N–H and O–H groups in total. The molecular formula is C5H9N3. The van der Waals surface area contributed by atoms with Crippen LogP contribution in [0.4, 0.5) is 0 Å². The van der Waals surface area contributed by atoms with Crippen LogP contribution in [0.5, 0.6) is 0 Å². The lowest BCUT2D eigenvalue weighted by Crippen LogP contribution is -1.85. The van der Waals surface area contributed by atoms with Crippen molar-refractivity contribution in [3.63, 3.8) is 0 Å². The molecular weight excluding hydrogens is 102 g/mol. The van der Waals surface area contributed by atoms with Crippen molar-refractivity contribution in [3.8, 4) is 0 Å². The highest BCUT2D eigenvalue weighted by molar-refractivity contribution is 4.89. The minimum absolute atomic E-state index is 0.966. The number of aryl methyl sites for hydroxylation is 2. The first-order valence-electron chi connectivity index (χ1n) is 2.68. The lowest BCUT2D eigenvalue weighted by atomic mass is 10.4. The number of rotatable bonds is 1. The first kappa shape index (κ1) is 5.28. The van der Waals surface area contributed by atoms with Gasteiger partial charge in [0, 0.05) is 13.2 Å². The van der Waals surface area contributed by atoms with Gasteiger partial charge in [0.2, 0.25) is 0 Å². The fourth-order valence-electron chi connectivity index (χ4n) is 0.557. The van der Waals surface area contributed by atoms with Crippen molar-refractivity contribution in [1.29, 1.82) is 0 Å². The molecule has 0 radical (unpaired) electrons. The molecule has 1 aromatic heterocycles. The Morgan fingerprint density at radius 2 is 2.50 bits per heavy atom. The molecule has 0 amide bonds. The van der Waals surface area contributed by atoms with Crippen molar-refractivity contribution in [2.75, 3.05) is 0 Å². The Balaban J connectivity index is 2.84. The van der Waals surface area contributed by atoms with Crippen LogP contribution >= 0.6 is 0 Å². The lowest BCUT2D eigenvalue weighted by Gasteiger charge is -1.78. The molecule has 0 saturated heterocycles. The topological polar surface area (TPSA) is 30.7 Å². The van der Waals surface area contributed by atoms with E-state index in [-0.39, 0.29) is 0 Å². The Morgan fingerprint density at radius 3 is 2.75 bits per heavy atom. The molecule has 8 heavy (non-hydrogen) atoms. The first-order valence-corrected chi connectivity index (χ1v) is 2.68. The Bertz CT molecular complexity index is 168. The van der Waals surface area contributed by atoms with E-state index in [1.54, 1.807) is 4.68 Å². The molecule has 0 bridgehead atoms. The summed E-state index contributed by atoms with van der Waals surface area (Å²) in [6.45, 7) is 2.06. The largest absolute Gasteiger partial charge is 0.255 e. The smallest absolute Gasteiger partial charge is 0.0824 e. The molecule has 1 aromatic rings. The zero-order chi connectivity index (χ0) is 5.98. The van der Waals surface area contributed by atoms with Crippen LogP contribution in [0, 0.1) is 0 Å². The van der Waals surface area contributed by atoms with Gasteiger partial charge in [0.1, 0.15) is 0 Å². The molecule has 3 nitrogen and oxygen atoms in total. The molecule has 0 unspecified atom stereocenters. The number of hydrogen-bond donors (Lipinski definition) is 0. The Hall–Kier alpha value is -0.860. The van der Waals surface area contributed by atoms with Gasteiger partial charge in [-0.1, -0.05) is 12.1 Å². The molecule has 0 atom stereocenters. The minimum Gasteiger partial charge on any atom is -0.255 e. The predicted molar refractivity (Wildman–Crippen MR) is 30.4 cm³/mol. The average molecular weight is 111 g/mol. The Morgan fingerprint density at radius 1 is 1.75 bits per heavy atom. The maximum absolute atomic E-state index is 3.85. The van der Waals surface area contributed by atoms with E-state index >= 15 is 0 Å². The van der Waals surface area contributed by atoms with E-state index in [0.717, 1.165) is 12.1 Å². The van der Waals surface area contributed by atoms with Gasteiger partial charge in [-0.2, -0.15) is 0 Å². The van der Waals surface area contributed by atoms with E-state index in [1.165, 1.54) is 0 Å². The number of nitrogens with zero attached hydrogens (tertiary/aromatic N) is 3. The molecule has 1 rings (SSSR count). The van der Waals surface area contributed by atoms with Gasteiger partial charge in [-0.25, -0.2) is 0 Å². The van der Waals surface area contributed by atoms with E-state index in [4.69, 9.17) is 0 Å². The van der Waals surface area contributed by atoms with Crippen LogP contribution in [0.25, 0.3) is 0 Å². The molecule has 0 spiro atoms. The lowest BCUT2D eigenvalue weighted by molar-refractivity contribution is 0.713. The molecule has 0 aliphatic heterocycles. The van der Waals surface area contributed by atoms with E-state index in [2.05, 4.69) is 17.2 Å². The molecule has 0 saturated carbocycles. The standard InChI is InChI=1S/C5H9N3/c1-3-5-4-8(2)7-6-5/h4H,3H2,1-2H3. The second-order valence-electron chi connectivity index (χ2n) is 1.74. The molecule has 3 heteroatoms. The van der Waals surface area contributed by atoms with Crippen LogP contribution in [0.1, 0.15) is 12.6 Å². The van der Waals surface area contributed by atoms with Gasteiger partial charge in [0.25, 0.3) is 0 Å². The average Bonchev–Trinajstić information content (AvgIpc) is 2.14. The zero-order valence-electron chi connectivity index (χ0n) is 5.13. The van der Waals surface area contributed by atoms with Gasteiger partial charge in [0.15, 0.2) is 0 Å². The highest BCUT2D eigenvalue weighted by Crippen LogP contribution is 1.89. The second-order valence-corrected chi connectivity index (χ2v) is 1.74. The van der Waals surface area contributed by atoms with Gasteiger partial charge >= 0.3 is 0 Å². The van der Waals surface area contributed by atoms with Gasteiger partial charge in [0.05, 0.1) is 5.69 Å². The maximum Gasteiger partial charge on any atom is 0.0824 e. The van der Waals surface area contributed by atoms with Crippen molar-refractivity contribution >= 4 is 0 Å². The van der Waals surface area contributed by atoms with E-state index < -0.39 is 0 Å². The van der Waals surface area contributed by atoms with Crippen molar-refractivity contribution < 1.29 is 0 Å². The summed E-state index contributed by atoms with van der Waals surface area (Å²) >= 11 is 0. The van der Waals surface area contributed by atoms with Gasteiger partial charge in [-0.15, -0.1) is 5.10 Å². The van der Waals surface area contributed by atoms with Crippen molar-refractivity contribution in [3.05, 3.63) is 11.9 Å². The normalized spacial score (nSPS) is 9.75. The molecule has 1 heterocycles. The third-order valence-electron chi connectivity index (χ3n) is 1.01. The Kier molecular flexibility index (Phi) is 1.28. The second kappa shape index (κ2) is 1.94. The van der Waals surface area contributed by atoms with Crippen LogP contribution < -0.4 is 0 Å². The summed E-state index contributed by atoms with van der Waals surface area (Å²) in [5.41, 5.74) is 1.05. The maximum atomic E-state index is 3.85. The van der Waals surface area contributed by atoms with Crippen LogP contribution in [0.2, 0.25) is 0 Å². The van der Waals surface area contributed by atoms with E-state index in [1.807, 2.05) is 13.2 Å². The fraction of sp³-hybridized carbons (Fsp3) is 0.600. The fourth-order valence-corrected chi connectivity index (χ4v) is 0.557. The first-order chi connectivity index (χ1) is 3.83. The highest BCUT2D eigenvalue weighted by atomic mass is 15.4. The van der Waals surface area contributed by atoms with Crippen LogP contribution in [-0.4, -0.2) is 15.0 Å². The van der Waals surface area contributed by atoms with Gasteiger partial charge in [-0.3, -0.25) is 4.68 Å². The van der Waals surface area contributed by atoms with Gasteiger partial charge < -0.3 is 0 Å². The summed E-state index contributed by atoms with van der Waals surface area (Å²) < 4.78 is 1.71. The summed E-state index contributed by atoms with van der Waals surface area (Å²) in [6, 6.07) is 0. The van der Waals surface area contributed by atoms with Crippen LogP contribution in [0.3, 0.4) is 0 Å². The monoisotopic (exact) mass is 111 g/mol. The highest BCUT2D eigenvalue weighted by Gasteiger charge is 1.90. The van der Waals surface area contributed by atoms with Crippen LogP contribution in [0.15, 0.2) is 6.20 Å². The van der Waals surface area contributed by atoms with Gasteiger partial charge in [-0.05, 0) is 6.42 Å². The zero-order valence-corrected chi connectivity index (χ0v) is 5.13. The van der Waals surface area contributed by atoms with Crippen LogP contribution in [-0.2, 0) is 13.5 Å². The summed E-state index contributed by atoms with van der Waals surface area (Å²) in [6.07, 6.45) is 2.88. The molecule has 44 valence electrons. The van der Waals surface area contributed by atoms with Crippen molar-refractivity contribution in [2.24, 2.45) is 7.05 Å². The quantitative estimate of drug-likeness (QED) is 0.524. The minimum atomic E-state index is 0.966. The molecule has 0 aromatic carbocycles. The third-order valence-corrected chi connectivity index (χ3v) is 1.01. The summed E-state index contributed by atoms with van der Waals surface area (Å²) in [7, 11) is 1.87. The van der Waals surface area contributed by atoms with Crippen molar-refractivity contribution in [2.45, 2.75) is 13.3 Å². The van der Waals surface area contributed by atoms with Crippen molar-refractivity contribution in [1.82, 2.24) is 15.0 Å². The summed E-state index contributed by atoms with van der Waals surface area (Å²) in [5, 5.41) is 7.60. The number of hydrogen-bond acceptors (Lipinski definition) is 2. The van der Waals surface area contributed by atoms with E-state index in [9.17, 15) is 0 Å².